The minimum absolute atomic E-state index is 0.548. The first-order valence-corrected chi connectivity index (χ1v) is 7.55. The van der Waals surface area contributed by atoms with Gasteiger partial charge in [-0.15, -0.1) is 0 Å². The number of aryl methyl sites for hydroxylation is 1. The van der Waals surface area contributed by atoms with Gasteiger partial charge in [0.25, 0.3) is 0 Å². The van der Waals surface area contributed by atoms with Crippen LogP contribution in [0.5, 0.6) is 0 Å². The lowest BCUT2D eigenvalue weighted by Gasteiger charge is -2.33. The molecule has 1 aromatic rings. The molecular formula is C14H22BrN3. The summed E-state index contributed by atoms with van der Waals surface area (Å²) in [6.45, 7) is 6.02. The molecule has 0 aromatic carbocycles. The van der Waals surface area contributed by atoms with E-state index in [4.69, 9.17) is 5.73 Å². The summed E-state index contributed by atoms with van der Waals surface area (Å²) in [5.74, 6) is 1.67. The summed E-state index contributed by atoms with van der Waals surface area (Å²) in [6.07, 6.45) is 5.71. The van der Waals surface area contributed by atoms with Crippen LogP contribution in [0.4, 0.5) is 5.82 Å². The average Bonchev–Trinajstić information content (AvgIpc) is 2.81. The second-order valence-electron chi connectivity index (χ2n) is 5.10. The lowest BCUT2D eigenvalue weighted by Crippen LogP contribution is -2.41. The van der Waals surface area contributed by atoms with Gasteiger partial charge in [-0.1, -0.05) is 6.42 Å². The molecule has 18 heavy (non-hydrogen) atoms. The van der Waals surface area contributed by atoms with Crippen molar-refractivity contribution in [3.63, 3.8) is 0 Å². The molecule has 1 saturated carbocycles. The first kappa shape index (κ1) is 13.8. The monoisotopic (exact) mass is 311 g/mol. The van der Waals surface area contributed by atoms with Crippen molar-refractivity contribution in [3.05, 3.63) is 22.3 Å². The summed E-state index contributed by atoms with van der Waals surface area (Å²) in [5, 5.41) is 0. The van der Waals surface area contributed by atoms with Gasteiger partial charge >= 0.3 is 0 Å². The third-order valence-electron chi connectivity index (χ3n) is 3.89. The van der Waals surface area contributed by atoms with E-state index in [1.54, 1.807) is 0 Å². The maximum Gasteiger partial charge on any atom is 0.143 e. The molecular weight excluding hydrogens is 290 g/mol. The Kier molecular flexibility index (Phi) is 4.62. The topological polar surface area (TPSA) is 42.2 Å². The predicted octanol–water partition coefficient (Wildman–Crippen LogP) is 3.11. The summed E-state index contributed by atoms with van der Waals surface area (Å²) < 4.78 is 1.09. The van der Waals surface area contributed by atoms with Gasteiger partial charge in [0.15, 0.2) is 0 Å². The van der Waals surface area contributed by atoms with Gasteiger partial charge < -0.3 is 10.6 Å². The van der Waals surface area contributed by atoms with Crippen LogP contribution < -0.4 is 10.6 Å². The Labute approximate surface area is 118 Å². The minimum atomic E-state index is 0.548. The van der Waals surface area contributed by atoms with Gasteiger partial charge in [0.05, 0.1) is 4.47 Å². The van der Waals surface area contributed by atoms with E-state index in [1.165, 1.54) is 24.8 Å². The van der Waals surface area contributed by atoms with Gasteiger partial charge in [0.1, 0.15) is 5.82 Å². The van der Waals surface area contributed by atoms with E-state index in [9.17, 15) is 0 Å². The molecule has 3 nitrogen and oxygen atoms in total. The normalized spacial score (nSPS) is 23.3. The fraction of sp³-hybridized carbons (Fsp3) is 0.643. The third-order valence-corrected chi connectivity index (χ3v) is 4.48. The van der Waals surface area contributed by atoms with Gasteiger partial charge in [-0.2, -0.15) is 0 Å². The number of aromatic nitrogens is 1. The lowest BCUT2D eigenvalue weighted by molar-refractivity contribution is 0.459. The molecule has 1 aliphatic rings. The maximum absolute atomic E-state index is 5.90. The molecule has 1 aliphatic carbocycles. The van der Waals surface area contributed by atoms with Crippen LogP contribution >= 0.6 is 15.9 Å². The Morgan fingerprint density at radius 2 is 2.28 bits per heavy atom. The molecule has 0 amide bonds. The molecule has 2 rings (SSSR count). The minimum Gasteiger partial charge on any atom is -0.353 e. The summed E-state index contributed by atoms with van der Waals surface area (Å²) in [7, 11) is 0. The molecule has 2 unspecified atom stereocenters. The van der Waals surface area contributed by atoms with Crippen LogP contribution in [-0.4, -0.2) is 24.1 Å². The van der Waals surface area contributed by atoms with Gasteiger partial charge in [-0.25, -0.2) is 4.98 Å². The van der Waals surface area contributed by atoms with E-state index in [-0.39, 0.29) is 0 Å². The Bertz CT molecular complexity index is 408. The number of anilines is 1. The molecule has 0 spiro atoms. The highest BCUT2D eigenvalue weighted by atomic mass is 79.9. The number of halogens is 1. The van der Waals surface area contributed by atoms with E-state index in [0.29, 0.717) is 12.0 Å². The van der Waals surface area contributed by atoms with Crippen LogP contribution in [0.1, 0.15) is 31.7 Å². The molecule has 0 saturated heterocycles. The van der Waals surface area contributed by atoms with E-state index in [0.717, 1.165) is 23.4 Å². The summed E-state index contributed by atoms with van der Waals surface area (Å²) >= 11 is 3.64. The summed E-state index contributed by atoms with van der Waals surface area (Å²) in [6, 6.07) is 2.68. The highest BCUT2D eigenvalue weighted by molar-refractivity contribution is 9.10. The van der Waals surface area contributed by atoms with E-state index in [1.807, 2.05) is 6.20 Å². The third kappa shape index (κ3) is 2.69. The average molecular weight is 312 g/mol. The first-order valence-electron chi connectivity index (χ1n) is 6.76. The number of hydrogen-bond donors (Lipinski definition) is 1. The number of hydrogen-bond acceptors (Lipinski definition) is 3. The van der Waals surface area contributed by atoms with Crippen LogP contribution in [0.15, 0.2) is 16.7 Å². The van der Waals surface area contributed by atoms with Gasteiger partial charge in [-0.3, -0.25) is 0 Å². The standard InChI is InChI=1S/C14H22BrN3/c1-3-18(13-6-4-5-11(13)8-16)14-12(15)7-10(2)9-17-14/h7,9,11,13H,3-6,8,16H2,1-2H3. The van der Waals surface area contributed by atoms with E-state index in [2.05, 4.69) is 45.7 Å². The molecule has 0 radical (unpaired) electrons. The van der Waals surface area contributed by atoms with Crippen LogP contribution in [0.25, 0.3) is 0 Å². The van der Waals surface area contributed by atoms with Crippen molar-refractivity contribution >= 4 is 21.7 Å². The van der Waals surface area contributed by atoms with Crippen molar-refractivity contribution in [1.82, 2.24) is 4.98 Å². The molecule has 1 heterocycles. The largest absolute Gasteiger partial charge is 0.353 e. The number of nitrogens with zero attached hydrogens (tertiary/aromatic N) is 2. The number of pyridine rings is 1. The van der Waals surface area contributed by atoms with Crippen molar-refractivity contribution in [2.24, 2.45) is 11.7 Å². The van der Waals surface area contributed by atoms with Crippen LogP contribution in [-0.2, 0) is 0 Å². The zero-order valence-corrected chi connectivity index (χ0v) is 12.8. The first-order chi connectivity index (χ1) is 8.67. The van der Waals surface area contributed by atoms with Crippen LogP contribution in [0.2, 0.25) is 0 Å². The molecule has 100 valence electrons. The highest BCUT2D eigenvalue weighted by Gasteiger charge is 2.31. The molecule has 0 aliphatic heterocycles. The Morgan fingerprint density at radius 3 is 2.89 bits per heavy atom. The fourth-order valence-electron chi connectivity index (χ4n) is 2.98. The number of nitrogens with two attached hydrogens (primary N) is 1. The van der Waals surface area contributed by atoms with E-state index >= 15 is 0 Å². The van der Waals surface area contributed by atoms with Crippen molar-refractivity contribution < 1.29 is 0 Å². The van der Waals surface area contributed by atoms with Crippen LogP contribution in [0, 0.1) is 12.8 Å². The van der Waals surface area contributed by atoms with Crippen molar-refractivity contribution in [2.75, 3.05) is 18.0 Å². The van der Waals surface area contributed by atoms with Crippen molar-refractivity contribution in [1.29, 1.82) is 0 Å². The van der Waals surface area contributed by atoms with E-state index < -0.39 is 0 Å². The maximum atomic E-state index is 5.90. The zero-order chi connectivity index (χ0) is 13.1. The van der Waals surface area contributed by atoms with Gasteiger partial charge in [0, 0.05) is 18.8 Å². The molecule has 1 fully saturated rings. The lowest BCUT2D eigenvalue weighted by atomic mass is 10.0. The highest BCUT2D eigenvalue weighted by Crippen LogP contribution is 2.34. The Morgan fingerprint density at radius 1 is 1.50 bits per heavy atom. The van der Waals surface area contributed by atoms with Crippen molar-refractivity contribution in [2.45, 2.75) is 39.2 Å². The fourth-order valence-corrected chi connectivity index (χ4v) is 3.67. The SMILES string of the molecule is CCN(c1ncc(C)cc1Br)C1CCCC1CN. The molecule has 2 atom stereocenters. The Balaban J connectivity index is 2.27. The second-order valence-corrected chi connectivity index (χ2v) is 5.95. The Hall–Kier alpha value is -0.610. The quantitative estimate of drug-likeness (QED) is 0.929. The van der Waals surface area contributed by atoms with Crippen molar-refractivity contribution in [3.8, 4) is 0 Å². The molecule has 1 aromatic heterocycles. The molecule has 2 N–H and O–H groups in total. The smallest absolute Gasteiger partial charge is 0.143 e. The van der Waals surface area contributed by atoms with Gasteiger partial charge in [-0.05, 0) is 66.7 Å². The van der Waals surface area contributed by atoms with Gasteiger partial charge in [0.2, 0.25) is 0 Å². The summed E-state index contributed by atoms with van der Waals surface area (Å²) in [4.78, 5) is 7.01. The zero-order valence-electron chi connectivity index (χ0n) is 11.2. The predicted molar refractivity (Wildman–Crippen MR) is 79.9 cm³/mol. The molecule has 4 heteroatoms. The number of rotatable bonds is 4. The summed E-state index contributed by atoms with van der Waals surface area (Å²) in [5.41, 5.74) is 7.08. The second kappa shape index (κ2) is 6.02. The molecule has 0 bridgehead atoms. The van der Waals surface area contributed by atoms with Crippen LogP contribution in [0.3, 0.4) is 0 Å².